The van der Waals surface area contributed by atoms with E-state index in [-0.39, 0.29) is 6.10 Å². The number of hydrogen-bond donors (Lipinski definition) is 2. The van der Waals surface area contributed by atoms with Crippen molar-refractivity contribution in [3.05, 3.63) is 0 Å². The first-order valence-electron chi connectivity index (χ1n) is 6.72. The van der Waals surface area contributed by atoms with E-state index in [2.05, 4.69) is 12.2 Å². The third kappa shape index (κ3) is 2.73. The van der Waals surface area contributed by atoms with Crippen LogP contribution in [0.4, 0.5) is 0 Å². The van der Waals surface area contributed by atoms with Crippen molar-refractivity contribution < 1.29 is 5.11 Å². The number of aliphatic hydroxyl groups excluding tert-OH is 1. The van der Waals surface area contributed by atoms with Crippen molar-refractivity contribution in [3.63, 3.8) is 0 Å². The fourth-order valence-electron chi connectivity index (χ4n) is 3.46. The quantitative estimate of drug-likeness (QED) is 0.751. The average molecular weight is 211 g/mol. The zero-order chi connectivity index (χ0) is 10.7. The molecule has 2 nitrogen and oxygen atoms in total. The Labute approximate surface area is 93.5 Å². The van der Waals surface area contributed by atoms with Gasteiger partial charge in [0.1, 0.15) is 0 Å². The summed E-state index contributed by atoms with van der Waals surface area (Å²) in [7, 11) is 0. The van der Waals surface area contributed by atoms with Crippen molar-refractivity contribution >= 4 is 0 Å². The van der Waals surface area contributed by atoms with Gasteiger partial charge in [-0.05, 0) is 56.9 Å². The maximum atomic E-state index is 9.77. The van der Waals surface area contributed by atoms with Gasteiger partial charge >= 0.3 is 0 Å². The van der Waals surface area contributed by atoms with Crippen LogP contribution in [-0.4, -0.2) is 23.8 Å². The molecule has 15 heavy (non-hydrogen) atoms. The van der Waals surface area contributed by atoms with Crippen molar-refractivity contribution in [2.24, 2.45) is 11.8 Å². The van der Waals surface area contributed by atoms with E-state index in [1.54, 1.807) is 0 Å². The Bertz CT molecular complexity index is 193. The van der Waals surface area contributed by atoms with E-state index >= 15 is 0 Å². The van der Waals surface area contributed by atoms with Crippen LogP contribution in [0.5, 0.6) is 0 Å². The SMILES string of the molecule is CC[C@H](O)C[C@@H]1CCC[C@H]2CCCN[C@H]21. The lowest BCUT2D eigenvalue weighted by atomic mass is 9.71. The molecule has 0 aromatic heterocycles. The van der Waals surface area contributed by atoms with E-state index in [9.17, 15) is 5.11 Å². The molecule has 0 bridgehead atoms. The highest BCUT2D eigenvalue weighted by Gasteiger charge is 2.35. The summed E-state index contributed by atoms with van der Waals surface area (Å²) in [5.74, 6) is 1.64. The highest BCUT2D eigenvalue weighted by molar-refractivity contribution is 4.91. The van der Waals surface area contributed by atoms with Crippen molar-refractivity contribution in [2.75, 3.05) is 6.54 Å². The minimum absolute atomic E-state index is 0.0718. The van der Waals surface area contributed by atoms with Crippen LogP contribution < -0.4 is 5.32 Å². The summed E-state index contributed by atoms with van der Waals surface area (Å²) in [5, 5.41) is 13.5. The number of rotatable bonds is 3. The van der Waals surface area contributed by atoms with Crippen LogP contribution in [0.15, 0.2) is 0 Å². The second-order valence-corrected chi connectivity index (χ2v) is 5.37. The molecule has 2 heteroatoms. The molecular formula is C13H25NO. The van der Waals surface area contributed by atoms with E-state index < -0.39 is 0 Å². The molecule has 2 N–H and O–H groups in total. The first kappa shape index (κ1) is 11.4. The molecule has 2 rings (SSSR count). The van der Waals surface area contributed by atoms with Crippen LogP contribution in [0.1, 0.15) is 51.9 Å². The van der Waals surface area contributed by atoms with Crippen molar-refractivity contribution in [1.29, 1.82) is 0 Å². The summed E-state index contributed by atoms with van der Waals surface area (Å²) in [6.07, 6.45) is 8.74. The number of fused-ring (bicyclic) bond motifs is 1. The molecule has 0 spiro atoms. The van der Waals surface area contributed by atoms with E-state index in [0.29, 0.717) is 6.04 Å². The lowest BCUT2D eigenvalue weighted by molar-refractivity contribution is 0.0797. The highest BCUT2D eigenvalue weighted by Crippen LogP contribution is 2.36. The predicted octanol–water partition coefficient (Wildman–Crippen LogP) is 2.32. The molecule has 2 aliphatic rings. The van der Waals surface area contributed by atoms with Crippen LogP contribution >= 0.6 is 0 Å². The summed E-state index contributed by atoms with van der Waals surface area (Å²) in [5.41, 5.74) is 0. The van der Waals surface area contributed by atoms with Gasteiger partial charge in [0.2, 0.25) is 0 Å². The van der Waals surface area contributed by atoms with Gasteiger partial charge in [-0.15, -0.1) is 0 Å². The van der Waals surface area contributed by atoms with E-state index in [1.165, 1.54) is 38.6 Å². The standard InChI is InChI=1S/C13H25NO/c1-2-12(15)9-11-6-3-5-10-7-4-8-14-13(10)11/h10-15H,2-9H2,1H3/t10-,11-,12-,13+/m0/s1. The fourth-order valence-corrected chi connectivity index (χ4v) is 3.46. The second kappa shape index (κ2) is 5.31. The molecule has 0 unspecified atom stereocenters. The van der Waals surface area contributed by atoms with Crippen LogP contribution in [0.3, 0.4) is 0 Å². The molecule has 1 saturated heterocycles. The number of piperidine rings is 1. The molecule has 1 saturated carbocycles. The largest absolute Gasteiger partial charge is 0.393 e. The minimum atomic E-state index is -0.0718. The summed E-state index contributed by atoms with van der Waals surface area (Å²) in [4.78, 5) is 0. The maximum absolute atomic E-state index is 9.77. The van der Waals surface area contributed by atoms with Crippen molar-refractivity contribution in [3.8, 4) is 0 Å². The van der Waals surface area contributed by atoms with Gasteiger partial charge in [-0.1, -0.05) is 13.3 Å². The Balaban J connectivity index is 1.91. The minimum Gasteiger partial charge on any atom is -0.393 e. The molecular weight excluding hydrogens is 186 g/mol. The van der Waals surface area contributed by atoms with E-state index in [0.717, 1.165) is 24.7 Å². The highest BCUT2D eigenvalue weighted by atomic mass is 16.3. The Morgan fingerprint density at radius 3 is 2.87 bits per heavy atom. The number of hydrogen-bond acceptors (Lipinski definition) is 2. The van der Waals surface area contributed by atoms with Gasteiger partial charge in [0.05, 0.1) is 6.10 Å². The van der Waals surface area contributed by atoms with E-state index in [4.69, 9.17) is 0 Å². The molecule has 0 amide bonds. The third-order valence-electron chi connectivity index (χ3n) is 4.34. The molecule has 1 heterocycles. The maximum Gasteiger partial charge on any atom is 0.0540 e. The summed E-state index contributed by atoms with van der Waals surface area (Å²) in [6.45, 7) is 3.28. The first-order chi connectivity index (χ1) is 7.31. The normalized spacial score (nSPS) is 38.4. The topological polar surface area (TPSA) is 32.3 Å². The van der Waals surface area contributed by atoms with Crippen molar-refractivity contribution in [1.82, 2.24) is 5.32 Å². The van der Waals surface area contributed by atoms with Crippen molar-refractivity contribution in [2.45, 2.75) is 64.0 Å². The van der Waals surface area contributed by atoms with Gasteiger partial charge in [0, 0.05) is 6.04 Å². The lowest BCUT2D eigenvalue weighted by Gasteiger charge is -2.42. The third-order valence-corrected chi connectivity index (χ3v) is 4.34. The molecule has 1 aliphatic heterocycles. The Kier molecular flexibility index (Phi) is 4.04. The molecule has 0 aromatic rings. The predicted molar refractivity (Wildman–Crippen MR) is 62.8 cm³/mol. The van der Waals surface area contributed by atoms with Crippen LogP contribution in [-0.2, 0) is 0 Å². The molecule has 1 aliphatic carbocycles. The molecule has 2 fully saturated rings. The Morgan fingerprint density at radius 2 is 2.07 bits per heavy atom. The van der Waals surface area contributed by atoms with Gasteiger partial charge < -0.3 is 10.4 Å². The second-order valence-electron chi connectivity index (χ2n) is 5.37. The monoisotopic (exact) mass is 211 g/mol. The fraction of sp³-hybridized carbons (Fsp3) is 1.00. The smallest absolute Gasteiger partial charge is 0.0540 e. The van der Waals surface area contributed by atoms with Gasteiger partial charge in [0.25, 0.3) is 0 Å². The Hall–Kier alpha value is -0.0800. The Morgan fingerprint density at radius 1 is 1.27 bits per heavy atom. The van der Waals surface area contributed by atoms with Gasteiger partial charge in [-0.2, -0.15) is 0 Å². The van der Waals surface area contributed by atoms with Gasteiger partial charge in [-0.3, -0.25) is 0 Å². The van der Waals surface area contributed by atoms with Gasteiger partial charge in [-0.25, -0.2) is 0 Å². The lowest BCUT2D eigenvalue weighted by Crippen LogP contribution is -2.49. The van der Waals surface area contributed by atoms with Crippen LogP contribution in [0.2, 0.25) is 0 Å². The van der Waals surface area contributed by atoms with Crippen LogP contribution in [0, 0.1) is 11.8 Å². The van der Waals surface area contributed by atoms with Gasteiger partial charge in [0.15, 0.2) is 0 Å². The summed E-state index contributed by atoms with van der Waals surface area (Å²) in [6, 6.07) is 0.716. The molecule has 0 radical (unpaired) electrons. The number of nitrogens with one attached hydrogen (secondary N) is 1. The zero-order valence-electron chi connectivity index (χ0n) is 9.91. The first-order valence-corrected chi connectivity index (χ1v) is 6.72. The zero-order valence-corrected chi connectivity index (χ0v) is 9.91. The summed E-state index contributed by atoms with van der Waals surface area (Å²) < 4.78 is 0. The molecule has 88 valence electrons. The van der Waals surface area contributed by atoms with Crippen LogP contribution in [0.25, 0.3) is 0 Å². The molecule has 4 atom stereocenters. The molecule has 0 aromatic carbocycles. The summed E-state index contributed by atoms with van der Waals surface area (Å²) >= 11 is 0. The average Bonchev–Trinajstić information content (AvgIpc) is 2.29. The van der Waals surface area contributed by atoms with E-state index in [1.807, 2.05) is 0 Å². The number of aliphatic hydroxyl groups is 1.